The average molecular weight is 340 g/mol. The molecule has 25 heavy (non-hydrogen) atoms. The van der Waals surface area contributed by atoms with Gasteiger partial charge in [0.2, 0.25) is 0 Å². The molecule has 0 spiro atoms. The molecule has 0 aromatic heterocycles. The van der Waals surface area contributed by atoms with E-state index in [0.29, 0.717) is 16.9 Å². The summed E-state index contributed by atoms with van der Waals surface area (Å²) in [6.45, 7) is 5.67. The SMILES string of the molecule is COc1cccc(C(=O)N(N(C)C(=O)c2ccccc2)C(C)(C)C)c1. The average Bonchev–Trinajstić information content (AvgIpc) is 2.60. The number of carbonyl (C=O) groups is 2. The van der Waals surface area contributed by atoms with Crippen LogP contribution in [0.4, 0.5) is 0 Å². The molecule has 0 unspecified atom stereocenters. The van der Waals surface area contributed by atoms with Gasteiger partial charge in [0.1, 0.15) is 5.75 Å². The maximum absolute atomic E-state index is 13.1. The van der Waals surface area contributed by atoms with E-state index in [1.807, 2.05) is 26.8 Å². The Morgan fingerprint density at radius 1 is 0.880 bits per heavy atom. The smallest absolute Gasteiger partial charge is 0.273 e. The Balaban J connectivity index is 2.39. The van der Waals surface area contributed by atoms with Crippen LogP contribution in [0.25, 0.3) is 0 Å². The molecule has 0 heterocycles. The van der Waals surface area contributed by atoms with Gasteiger partial charge in [-0.05, 0) is 51.1 Å². The molecule has 0 atom stereocenters. The lowest BCUT2D eigenvalue weighted by molar-refractivity contribution is -0.0308. The van der Waals surface area contributed by atoms with Crippen molar-refractivity contribution in [2.24, 2.45) is 0 Å². The molecule has 2 amide bonds. The highest BCUT2D eigenvalue weighted by molar-refractivity contribution is 5.99. The molecule has 0 N–H and O–H groups in total. The molecule has 0 aliphatic rings. The van der Waals surface area contributed by atoms with Crippen LogP contribution in [0.5, 0.6) is 5.75 Å². The first-order valence-corrected chi connectivity index (χ1v) is 8.07. The molecule has 0 fully saturated rings. The number of amides is 2. The maximum Gasteiger partial charge on any atom is 0.273 e. The van der Waals surface area contributed by atoms with Crippen molar-refractivity contribution in [3.63, 3.8) is 0 Å². The van der Waals surface area contributed by atoms with Crippen LogP contribution >= 0.6 is 0 Å². The van der Waals surface area contributed by atoms with Gasteiger partial charge in [0.05, 0.1) is 12.6 Å². The van der Waals surface area contributed by atoms with E-state index in [-0.39, 0.29) is 11.8 Å². The van der Waals surface area contributed by atoms with Crippen LogP contribution in [0.2, 0.25) is 0 Å². The van der Waals surface area contributed by atoms with Gasteiger partial charge in [0, 0.05) is 18.2 Å². The molecular weight excluding hydrogens is 316 g/mol. The van der Waals surface area contributed by atoms with Crippen molar-refractivity contribution in [2.45, 2.75) is 26.3 Å². The van der Waals surface area contributed by atoms with Gasteiger partial charge < -0.3 is 4.74 Å². The molecule has 2 rings (SSSR count). The monoisotopic (exact) mass is 340 g/mol. The predicted molar refractivity (Wildman–Crippen MR) is 97.5 cm³/mol. The van der Waals surface area contributed by atoms with Gasteiger partial charge in [-0.15, -0.1) is 0 Å². The van der Waals surface area contributed by atoms with Crippen molar-refractivity contribution in [1.29, 1.82) is 0 Å². The predicted octanol–water partition coefficient (Wildman–Crippen LogP) is 3.62. The summed E-state index contributed by atoms with van der Waals surface area (Å²) in [5.74, 6) is 0.0849. The zero-order chi connectivity index (χ0) is 18.6. The molecule has 2 aromatic carbocycles. The van der Waals surface area contributed by atoms with Crippen molar-refractivity contribution in [3.8, 4) is 5.75 Å². The number of hydrogen-bond donors (Lipinski definition) is 0. The summed E-state index contributed by atoms with van der Waals surface area (Å²) in [5.41, 5.74) is 0.402. The third-order valence-corrected chi connectivity index (χ3v) is 3.76. The highest BCUT2D eigenvalue weighted by atomic mass is 16.5. The van der Waals surface area contributed by atoms with Crippen molar-refractivity contribution in [2.75, 3.05) is 14.2 Å². The molecule has 0 saturated heterocycles. The molecule has 2 aromatic rings. The third kappa shape index (κ3) is 4.18. The zero-order valence-electron chi connectivity index (χ0n) is 15.3. The van der Waals surface area contributed by atoms with Gasteiger partial charge in [-0.1, -0.05) is 24.3 Å². The second-order valence-electron chi connectivity index (χ2n) is 6.71. The van der Waals surface area contributed by atoms with Crippen LogP contribution in [-0.4, -0.2) is 41.5 Å². The summed E-state index contributed by atoms with van der Waals surface area (Å²) in [7, 11) is 3.16. The fourth-order valence-corrected chi connectivity index (χ4v) is 2.63. The highest BCUT2D eigenvalue weighted by Gasteiger charge is 2.34. The van der Waals surface area contributed by atoms with E-state index in [1.54, 1.807) is 62.7 Å². The molecule has 0 bridgehead atoms. The maximum atomic E-state index is 13.1. The number of nitrogens with zero attached hydrogens (tertiary/aromatic N) is 2. The highest BCUT2D eigenvalue weighted by Crippen LogP contribution is 2.23. The van der Waals surface area contributed by atoms with Gasteiger partial charge in [-0.2, -0.15) is 0 Å². The first-order valence-electron chi connectivity index (χ1n) is 8.07. The fourth-order valence-electron chi connectivity index (χ4n) is 2.63. The van der Waals surface area contributed by atoms with Crippen LogP contribution in [0.1, 0.15) is 41.5 Å². The molecule has 0 radical (unpaired) electrons. The number of hydrogen-bond acceptors (Lipinski definition) is 3. The summed E-state index contributed by atoms with van der Waals surface area (Å²) in [6.07, 6.45) is 0. The topological polar surface area (TPSA) is 49.9 Å². The number of hydrazine groups is 1. The van der Waals surface area contributed by atoms with Crippen molar-refractivity contribution >= 4 is 11.8 Å². The van der Waals surface area contributed by atoms with Crippen molar-refractivity contribution in [3.05, 3.63) is 65.7 Å². The summed E-state index contributed by atoms with van der Waals surface area (Å²) < 4.78 is 5.20. The Morgan fingerprint density at radius 2 is 1.48 bits per heavy atom. The number of ether oxygens (including phenoxy) is 1. The van der Waals surface area contributed by atoms with Crippen molar-refractivity contribution in [1.82, 2.24) is 10.0 Å². The zero-order valence-corrected chi connectivity index (χ0v) is 15.3. The lowest BCUT2D eigenvalue weighted by Gasteiger charge is -2.41. The summed E-state index contributed by atoms with van der Waals surface area (Å²) in [6, 6.07) is 15.8. The van der Waals surface area contributed by atoms with Crippen LogP contribution < -0.4 is 4.74 Å². The largest absolute Gasteiger partial charge is 0.497 e. The van der Waals surface area contributed by atoms with Crippen LogP contribution in [-0.2, 0) is 0 Å². The van der Waals surface area contributed by atoms with E-state index in [2.05, 4.69) is 0 Å². The quantitative estimate of drug-likeness (QED) is 0.802. The van der Waals surface area contributed by atoms with Gasteiger partial charge in [0.25, 0.3) is 11.8 Å². The number of carbonyl (C=O) groups excluding carboxylic acids is 2. The second-order valence-corrected chi connectivity index (χ2v) is 6.71. The molecular formula is C20H24N2O3. The number of benzene rings is 2. The minimum atomic E-state index is -0.584. The summed E-state index contributed by atoms with van der Waals surface area (Å²) in [5, 5.41) is 2.84. The van der Waals surface area contributed by atoms with Gasteiger partial charge in [0.15, 0.2) is 0 Å². The Hall–Kier alpha value is -2.82. The molecule has 5 nitrogen and oxygen atoms in total. The number of methoxy groups -OCH3 is 1. The lowest BCUT2D eigenvalue weighted by Crippen LogP contribution is -2.56. The van der Waals surface area contributed by atoms with E-state index >= 15 is 0 Å². The number of rotatable bonds is 3. The van der Waals surface area contributed by atoms with E-state index in [0.717, 1.165) is 0 Å². The first kappa shape index (κ1) is 18.5. The second kappa shape index (κ2) is 7.38. The Kier molecular flexibility index (Phi) is 5.47. The normalized spacial score (nSPS) is 10.9. The third-order valence-electron chi connectivity index (χ3n) is 3.76. The van der Waals surface area contributed by atoms with E-state index in [1.165, 1.54) is 10.0 Å². The standard InChI is InChI=1S/C20H24N2O3/c1-20(2,3)22(19(24)16-12-9-13-17(14-16)25-5)21(4)18(23)15-10-7-6-8-11-15/h6-14H,1-5H3. The van der Waals surface area contributed by atoms with E-state index in [4.69, 9.17) is 4.74 Å². The molecule has 5 heteroatoms. The first-order chi connectivity index (χ1) is 11.8. The van der Waals surface area contributed by atoms with Gasteiger partial charge in [-0.3, -0.25) is 9.59 Å². The molecule has 0 aliphatic heterocycles. The minimum Gasteiger partial charge on any atom is -0.497 e. The van der Waals surface area contributed by atoms with Crippen LogP contribution in [0.15, 0.2) is 54.6 Å². The van der Waals surface area contributed by atoms with Gasteiger partial charge in [-0.25, -0.2) is 10.0 Å². The molecule has 0 aliphatic carbocycles. The Labute approximate surface area is 148 Å². The fraction of sp³-hybridized carbons (Fsp3) is 0.300. The van der Waals surface area contributed by atoms with E-state index < -0.39 is 5.54 Å². The van der Waals surface area contributed by atoms with Crippen molar-refractivity contribution < 1.29 is 14.3 Å². The van der Waals surface area contributed by atoms with Gasteiger partial charge >= 0.3 is 0 Å². The summed E-state index contributed by atoms with van der Waals surface area (Å²) >= 11 is 0. The Bertz CT molecular complexity index is 751. The Morgan fingerprint density at radius 3 is 2.04 bits per heavy atom. The van der Waals surface area contributed by atoms with Crippen LogP contribution in [0, 0.1) is 0 Å². The van der Waals surface area contributed by atoms with E-state index in [9.17, 15) is 9.59 Å². The molecule has 0 saturated carbocycles. The lowest BCUT2D eigenvalue weighted by atomic mass is 10.1. The van der Waals surface area contributed by atoms with Crippen LogP contribution in [0.3, 0.4) is 0 Å². The molecule has 132 valence electrons. The minimum absolute atomic E-state index is 0.244. The summed E-state index contributed by atoms with van der Waals surface area (Å²) in [4.78, 5) is 25.9.